The first kappa shape index (κ1) is 15.9. The molecule has 6 heteroatoms. The highest BCUT2D eigenvalue weighted by Gasteiger charge is 2.12. The summed E-state index contributed by atoms with van der Waals surface area (Å²) in [5.41, 5.74) is 3.47. The van der Waals surface area contributed by atoms with E-state index in [1.54, 1.807) is 18.2 Å². The smallest absolute Gasteiger partial charge is 0.311 e. The first-order chi connectivity index (χ1) is 11.5. The molecule has 1 heterocycles. The zero-order valence-corrected chi connectivity index (χ0v) is 13.7. The lowest BCUT2D eigenvalue weighted by Gasteiger charge is -1.97. The van der Waals surface area contributed by atoms with Gasteiger partial charge in [0, 0.05) is 17.0 Å². The number of phenols is 1. The van der Waals surface area contributed by atoms with Gasteiger partial charge in [0.05, 0.1) is 10.6 Å². The van der Waals surface area contributed by atoms with Gasteiger partial charge in [0.1, 0.15) is 5.01 Å². The van der Waals surface area contributed by atoms with Crippen molar-refractivity contribution in [3.05, 3.63) is 74.1 Å². The number of hydrogen-bond donors (Lipinski definition) is 1. The Labute approximate surface area is 142 Å². The van der Waals surface area contributed by atoms with Crippen molar-refractivity contribution in [3.63, 3.8) is 0 Å². The van der Waals surface area contributed by atoms with E-state index in [1.807, 2.05) is 36.6 Å². The summed E-state index contributed by atoms with van der Waals surface area (Å²) in [6.07, 6.45) is 3.54. The first-order valence-electron chi connectivity index (χ1n) is 7.21. The fourth-order valence-corrected chi connectivity index (χ4v) is 2.90. The van der Waals surface area contributed by atoms with Gasteiger partial charge < -0.3 is 5.11 Å². The Hall–Kier alpha value is -2.99. The highest BCUT2D eigenvalue weighted by atomic mass is 32.1. The molecule has 0 radical (unpaired) electrons. The number of nitrogens with zero attached hydrogens (tertiary/aromatic N) is 2. The number of nitro benzene ring substituents is 1. The molecule has 0 saturated carbocycles. The predicted octanol–water partition coefficient (Wildman–Crippen LogP) is 4.90. The topological polar surface area (TPSA) is 76.3 Å². The van der Waals surface area contributed by atoms with E-state index in [4.69, 9.17) is 0 Å². The predicted molar refractivity (Wildman–Crippen MR) is 96.0 cm³/mol. The van der Waals surface area contributed by atoms with Crippen LogP contribution in [0.5, 0.6) is 5.75 Å². The maximum Gasteiger partial charge on any atom is 0.311 e. The molecular weight excluding hydrogens is 324 g/mol. The van der Waals surface area contributed by atoms with Crippen LogP contribution in [0.2, 0.25) is 0 Å². The van der Waals surface area contributed by atoms with Gasteiger partial charge in [0.25, 0.3) is 0 Å². The number of benzene rings is 2. The quantitative estimate of drug-likeness (QED) is 0.542. The molecule has 3 rings (SSSR count). The second-order valence-corrected chi connectivity index (χ2v) is 6.17. The Morgan fingerprint density at radius 3 is 2.62 bits per heavy atom. The van der Waals surface area contributed by atoms with E-state index < -0.39 is 4.92 Å². The van der Waals surface area contributed by atoms with Gasteiger partial charge in [-0.2, -0.15) is 0 Å². The van der Waals surface area contributed by atoms with Gasteiger partial charge >= 0.3 is 5.69 Å². The van der Waals surface area contributed by atoms with Gasteiger partial charge in [0.2, 0.25) is 0 Å². The van der Waals surface area contributed by atoms with Gasteiger partial charge in [0.15, 0.2) is 5.75 Å². The van der Waals surface area contributed by atoms with Crippen molar-refractivity contribution in [1.82, 2.24) is 4.98 Å². The zero-order valence-electron chi connectivity index (χ0n) is 12.8. The first-order valence-corrected chi connectivity index (χ1v) is 8.09. The number of hydrogen-bond acceptors (Lipinski definition) is 5. The fraction of sp³-hybridized carbons (Fsp3) is 0.0556. The molecule has 5 nitrogen and oxygen atoms in total. The molecule has 0 unspecified atom stereocenters. The minimum atomic E-state index is -0.606. The summed E-state index contributed by atoms with van der Waals surface area (Å²) < 4.78 is 0. The number of aromatic hydroxyl groups is 1. The maximum absolute atomic E-state index is 10.8. The molecule has 0 aliphatic rings. The molecule has 0 spiro atoms. The van der Waals surface area contributed by atoms with E-state index in [0.717, 1.165) is 16.3 Å². The third kappa shape index (κ3) is 3.49. The van der Waals surface area contributed by atoms with Crippen LogP contribution in [0.4, 0.5) is 5.69 Å². The average molecular weight is 338 g/mol. The summed E-state index contributed by atoms with van der Waals surface area (Å²) >= 11 is 1.50. The minimum absolute atomic E-state index is 0.309. The van der Waals surface area contributed by atoms with Crippen molar-refractivity contribution >= 4 is 29.2 Å². The Kier molecular flexibility index (Phi) is 4.39. The maximum atomic E-state index is 10.8. The van der Waals surface area contributed by atoms with Crippen LogP contribution < -0.4 is 0 Å². The molecule has 1 N–H and O–H groups in total. The van der Waals surface area contributed by atoms with Crippen molar-refractivity contribution in [2.24, 2.45) is 0 Å². The van der Waals surface area contributed by atoms with Gasteiger partial charge in [-0.05, 0) is 24.6 Å². The fourth-order valence-electron chi connectivity index (χ4n) is 2.18. The lowest BCUT2D eigenvalue weighted by Crippen LogP contribution is -1.88. The standard InChI is InChI=1S/C18H14N2O3S/c1-12-2-6-14(7-3-12)15-11-24-18(19-15)9-5-13-4-8-17(21)16(10-13)20(22)23/h2-11,21H,1H3/b9-5+. The second-order valence-electron chi connectivity index (χ2n) is 5.28. The van der Waals surface area contributed by atoms with Crippen LogP contribution in [0, 0.1) is 17.0 Å². The monoisotopic (exact) mass is 338 g/mol. The van der Waals surface area contributed by atoms with Crippen LogP contribution in [0.3, 0.4) is 0 Å². The van der Waals surface area contributed by atoms with Gasteiger partial charge in [-0.1, -0.05) is 42.0 Å². The summed E-state index contributed by atoms with van der Waals surface area (Å²) in [5.74, 6) is -0.340. The van der Waals surface area contributed by atoms with Crippen molar-refractivity contribution in [1.29, 1.82) is 0 Å². The molecule has 0 fully saturated rings. The number of aryl methyl sites for hydroxylation is 1. The molecule has 0 atom stereocenters. The van der Waals surface area contributed by atoms with E-state index in [1.165, 1.54) is 29.0 Å². The van der Waals surface area contributed by atoms with Crippen LogP contribution in [0.15, 0.2) is 47.8 Å². The third-order valence-corrected chi connectivity index (χ3v) is 4.29. The van der Waals surface area contributed by atoms with Crippen molar-refractivity contribution in [2.75, 3.05) is 0 Å². The van der Waals surface area contributed by atoms with Crippen LogP contribution in [-0.2, 0) is 0 Å². The number of nitro groups is 1. The zero-order chi connectivity index (χ0) is 17.1. The molecule has 0 amide bonds. The van der Waals surface area contributed by atoms with Crippen LogP contribution in [0.1, 0.15) is 16.1 Å². The van der Waals surface area contributed by atoms with Gasteiger partial charge in [-0.3, -0.25) is 10.1 Å². The highest BCUT2D eigenvalue weighted by Crippen LogP contribution is 2.28. The van der Waals surface area contributed by atoms with Gasteiger partial charge in [-0.25, -0.2) is 4.98 Å². The number of rotatable bonds is 4. The number of thiazole rings is 1. The molecule has 0 saturated heterocycles. The average Bonchev–Trinajstić information content (AvgIpc) is 3.03. The minimum Gasteiger partial charge on any atom is -0.502 e. The lowest BCUT2D eigenvalue weighted by atomic mass is 10.1. The van der Waals surface area contributed by atoms with Gasteiger partial charge in [-0.15, -0.1) is 11.3 Å². The summed E-state index contributed by atoms with van der Waals surface area (Å²) in [4.78, 5) is 14.8. The molecule has 0 bridgehead atoms. The van der Waals surface area contributed by atoms with E-state index in [2.05, 4.69) is 4.98 Å². The van der Waals surface area contributed by atoms with Crippen LogP contribution >= 0.6 is 11.3 Å². The van der Waals surface area contributed by atoms with Crippen molar-refractivity contribution in [3.8, 4) is 17.0 Å². The van der Waals surface area contributed by atoms with Crippen molar-refractivity contribution in [2.45, 2.75) is 6.92 Å². The Morgan fingerprint density at radius 2 is 1.92 bits per heavy atom. The summed E-state index contributed by atoms with van der Waals surface area (Å²) in [7, 11) is 0. The third-order valence-electron chi connectivity index (χ3n) is 3.48. The summed E-state index contributed by atoms with van der Waals surface area (Å²) in [5, 5.41) is 23.1. The number of phenolic OH excluding ortho intramolecular Hbond substituents is 1. The molecular formula is C18H14N2O3S. The molecule has 0 aliphatic carbocycles. The Bertz CT molecular complexity index is 914. The van der Waals surface area contributed by atoms with Crippen LogP contribution in [0.25, 0.3) is 23.4 Å². The van der Waals surface area contributed by atoms with E-state index in [0.29, 0.717) is 5.56 Å². The normalized spacial score (nSPS) is 11.0. The molecule has 0 aliphatic heterocycles. The van der Waals surface area contributed by atoms with Crippen molar-refractivity contribution < 1.29 is 10.0 Å². The Morgan fingerprint density at radius 1 is 1.17 bits per heavy atom. The number of aromatic nitrogens is 1. The summed E-state index contributed by atoms with van der Waals surface area (Å²) in [6.45, 7) is 2.04. The molecule has 1 aromatic heterocycles. The van der Waals surface area contributed by atoms with E-state index in [-0.39, 0.29) is 11.4 Å². The molecule has 3 aromatic rings. The molecule has 2 aromatic carbocycles. The van der Waals surface area contributed by atoms with E-state index >= 15 is 0 Å². The SMILES string of the molecule is Cc1ccc(-c2csc(/C=C/c3ccc(O)c([N+](=O)[O-])c3)n2)cc1. The highest BCUT2D eigenvalue weighted by molar-refractivity contribution is 7.10. The molecule has 24 heavy (non-hydrogen) atoms. The second kappa shape index (κ2) is 6.64. The Balaban J connectivity index is 1.82. The largest absolute Gasteiger partial charge is 0.502 e. The van der Waals surface area contributed by atoms with E-state index in [9.17, 15) is 15.2 Å². The lowest BCUT2D eigenvalue weighted by molar-refractivity contribution is -0.385. The summed E-state index contributed by atoms with van der Waals surface area (Å²) in [6, 6.07) is 12.4. The van der Waals surface area contributed by atoms with Crippen LogP contribution in [-0.4, -0.2) is 15.0 Å². The molecule has 120 valence electrons.